The zero-order chi connectivity index (χ0) is 12.3. The maximum Gasteiger partial charge on any atom is 0.290 e. The summed E-state index contributed by atoms with van der Waals surface area (Å²) in [7, 11) is 0. The van der Waals surface area contributed by atoms with Gasteiger partial charge in [0.2, 0.25) is 0 Å². The number of hydrogen-bond donors (Lipinski definition) is 2. The highest BCUT2D eigenvalue weighted by Gasteiger charge is 2.07. The van der Waals surface area contributed by atoms with E-state index >= 15 is 0 Å². The molecule has 0 aliphatic rings. The molecule has 17 heavy (non-hydrogen) atoms. The van der Waals surface area contributed by atoms with Gasteiger partial charge in [0.15, 0.2) is 0 Å². The average molecular weight is 270 g/mol. The third kappa shape index (κ3) is 2.89. The molecule has 2 heterocycles. The minimum atomic E-state index is -0.360. The number of hydrogen-bond acceptors (Lipinski definition) is 5. The van der Waals surface area contributed by atoms with Crippen LogP contribution in [0.2, 0.25) is 5.02 Å². The summed E-state index contributed by atoms with van der Waals surface area (Å²) in [5, 5.41) is 13.0. The van der Waals surface area contributed by atoms with Crippen molar-refractivity contribution < 1.29 is 4.79 Å². The van der Waals surface area contributed by atoms with E-state index in [0.29, 0.717) is 16.4 Å². The molecule has 0 saturated heterocycles. The second kappa shape index (κ2) is 5.07. The van der Waals surface area contributed by atoms with E-state index in [0.717, 1.165) is 5.01 Å². The number of aromatic amines is 1. The number of amides is 1. The molecule has 88 valence electrons. The monoisotopic (exact) mass is 269 g/mol. The van der Waals surface area contributed by atoms with Crippen molar-refractivity contribution in [3.63, 3.8) is 0 Å². The molecule has 2 rings (SSSR count). The quantitative estimate of drug-likeness (QED) is 0.656. The molecule has 0 atom stereocenters. The van der Waals surface area contributed by atoms with Gasteiger partial charge >= 0.3 is 0 Å². The lowest BCUT2D eigenvalue weighted by atomic mass is 10.5. The van der Waals surface area contributed by atoms with Gasteiger partial charge in [-0.2, -0.15) is 10.2 Å². The molecule has 0 spiro atoms. The summed E-state index contributed by atoms with van der Waals surface area (Å²) < 4.78 is 0. The highest BCUT2D eigenvalue weighted by Crippen LogP contribution is 2.09. The molecule has 0 aromatic carbocycles. The summed E-state index contributed by atoms with van der Waals surface area (Å²) >= 11 is 7.17. The van der Waals surface area contributed by atoms with Crippen LogP contribution >= 0.6 is 22.9 Å². The molecule has 0 radical (unpaired) electrons. The molecule has 0 aliphatic carbocycles. The van der Waals surface area contributed by atoms with Crippen molar-refractivity contribution in [3.05, 3.63) is 33.0 Å². The van der Waals surface area contributed by atoms with Crippen LogP contribution in [0.3, 0.4) is 0 Å². The summed E-state index contributed by atoms with van der Waals surface area (Å²) in [6.07, 6.45) is 2.83. The minimum Gasteiger partial charge on any atom is -0.275 e. The first-order valence-corrected chi connectivity index (χ1v) is 5.87. The molecule has 0 aliphatic heterocycles. The third-order valence-electron chi connectivity index (χ3n) is 1.83. The summed E-state index contributed by atoms with van der Waals surface area (Å²) in [5.41, 5.74) is 3.22. The van der Waals surface area contributed by atoms with Crippen LogP contribution in [0.25, 0.3) is 0 Å². The Bertz CT molecular complexity index is 561. The Kier molecular flexibility index (Phi) is 3.50. The summed E-state index contributed by atoms with van der Waals surface area (Å²) in [5.74, 6) is -0.360. The van der Waals surface area contributed by atoms with Crippen LogP contribution in [0.4, 0.5) is 0 Å². The van der Waals surface area contributed by atoms with Crippen LogP contribution < -0.4 is 5.43 Å². The molecule has 0 fully saturated rings. The van der Waals surface area contributed by atoms with E-state index in [1.807, 2.05) is 6.92 Å². The fourth-order valence-electron chi connectivity index (χ4n) is 1.05. The lowest BCUT2D eigenvalue weighted by molar-refractivity contribution is 0.0950. The molecule has 2 aromatic rings. The van der Waals surface area contributed by atoms with Crippen molar-refractivity contribution in [2.75, 3.05) is 0 Å². The molecule has 2 aromatic heterocycles. The highest BCUT2D eigenvalue weighted by atomic mass is 35.5. The van der Waals surface area contributed by atoms with Crippen LogP contribution in [-0.2, 0) is 0 Å². The summed E-state index contributed by atoms with van der Waals surface area (Å²) in [6, 6.07) is 0. The van der Waals surface area contributed by atoms with E-state index in [1.165, 1.54) is 23.7 Å². The van der Waals surface area contributed by atoms with Crippen LogP contribution in [0.15, 0.2) is 16.7 Å². The van der Waals surface area contributed by atoms with E-state index in [-0.39, 0.29) is 5.91 Å². The molecule has 0 saturated carbocycles. The lowest BCUT2D eigenvalue weighted by Crippen LogP contribution is -2.18. The average Bonchev–Trinajstić information content (AvgIpc) is 2.88. The van der Waals surface area contributed by atoms with Crippen molar-refractivity contribution in [2.24, 2.45) is 5.10 Å². The Morgan fingerprint density at radius 1 is 1.71 bits per heavy atom. The van der Waals surface area contributed by atoms with Gasteiger partial charge in [0.25, 0.3) is 5.91 Å². The van der Waals surface area contributed by atoms with E-state index in [4.69, 9.17) is 11.6 Å². The van der Waals surface area contributed by atoms with Gasteiger partial charge in [-0.15, -0.1) is 11.3 Å². The van der Waals surface area contributed by atoms with E-state index in [2.05, 4.69) is 25.7 Å². The number of hydrazone groups is 1. The van der Waals surface area contributed by atoms with Crippen molar-refractivity contribution >= 4 is 35.1 Å². The van der Waals surface area contributed by atoms with E-state index in [9.17, 15) is 4.79 Å². The number of nitrogens with one attached hydrogen (secondary N) is 2. The summed E-state index contributed by atoms with van der Waals surface area (Å²) in [6.45, 7) is 1.83. The first-order valence-electron chi connectivity index (χ1n) is 4.61. The van der Waals surface area contributed by atoms with Gasteiger partial charge in [0.1, 0.15) is 5.69 Å². The predicted octanol–water partition coefficient (Wildman–Crippen LogP) is 1.59. The van der Waals surface area contributed by atoms with E-state index in [1.54, 1.807) is 5.38 Å². The van der Waals surface area contributed by atoms with Gasteiger partial charge in [-0.25, -0.2) is 10.4 Å². The maximum atomic E-state index is 11.5. The number of rotatable bonds is 3. The summed E-state index contributed by atoms with van der Waals surface area (Å²) in [4.78, 5) is 15.6. The Balaban J connectivity index is 1.97. The molecule has 0 unspecified atom stereocenters. The number of carbonyl (C=O) groups is 1. The first kappa shape index (κ1) is 11.7. The number of H-pyrrole nitrogens is 1. The van der Waals surface area contributed by atoms with Gasteiger partial charge in [0.05, 0.1) is 28.1 Å². The molecule has 8 heteroatoms. The van der Waals surface area contributed by atoms with E-state index < -0.39 is 0 Å². The Labute approximate surface area is 106 Å². The second-order valence-corrected chi connectivity index (χ2v) is 4.55. The van der Waals surface area contributed by atoms with Crippen molar-refractivity contribution in [1.82, 2.24) is 20.6 Å². The standard InChI is InChI=1S/C9H8ClN5OS/c1-5-13-8(4-17-5)9(16)15-12-3-7-6(10)2-11-14-7/h2-4H,1H3,(H,11,14)(H,15,16)/b12-3-. The zero-order valence-electron chi connectivity index (χ0n) is 8.77. The zero-order valence-corrected chi connectivity index (χ0v) is 10.3. The molecule has 6 nitrogen and oxygen atoms in total. The smallest absolute Gasteiger partial charge is 0.275 e. The topological polar surface area (TPSA) is 83.0 Å². The number of halogens is 1. The lowest BCUT2D eigenvalue weighted by Gasteiger charge is -1.94. The van der Waals surface area contributed by atoms with Crippen molar-refractivity contribution in [1.29, 1.82) is 0 Å². The Hall–Kier alpha value is -1.73. The van der Waals surface area contributed by atoms with Gasteiger partial charge in [-0.3, -0.25) is 9.89 Å². The van der Waals surface area contributed by atoms with Gasteiger partial charge < -0.3 is 0 Å². The number of carbonyl (C=O) groups excluding carboxylic acids is 1. The predicted molar refractivity (Wildman–Crippen MR) is 65.5 cm³/mol. The fraction of sp³-hybridized carbons (Fsp3) is 0.111. The van der Waals surface area contributed by atoms with Crippen molar-refractivity contribution in [2.45, 2.75) is 6.92 Å². The maximum absolute atomic E-state index is 11.5. The molecule has 0 bridgehead atoms. The van der Waals surface area contributed by atoms with Crippen LogP contribution in [0, 0.1) is 6.92 Å². The van der Waals surface area contributed by atoms with Gasteiger partial charge in [0, 0.05) is 5.38 Å². The SMILES string of the molecule is Cc1nc(C(=O)N/N=C\c2[nH]ncc2Cl)cs1. The normalized spacial score (nSPS) is 10.9. The molecular formula is C9H8ClN5OS. The second-order valence-electron chi connectivity index (χ2n) is 3.08. The largest absolute Gasteiger partial charge is 0.290 e. The Morgan fingerprint density at radius 2 is 2.53 bits per heavy atom. The van der Waals surface area contributed by atoms with Gasteiger partial charge in [-0.1, -0.05) is 11.6 Å². The minimum absolute atomic E-state index is 0.348. The first-order chi connectivity index (χ1) is 8.16. The van der Waals surface area contributed by atoms with Crippen LogP contribution in [0.5, 0.6) is 0 Å². The molecule has 2 N–H and O–H groups in total. The number of aryl methyl sites for hydroxylation is 1. The number of aromatic nitrogens is 3. The van der Waals surface area contributed by atoms with Crippen molar-refractivity contribution in [3.8, 4) is 0 Å². The molecular weight excluding hydrogens is 262 g/mol. The number of thiazole rings is 1. The van der Waals surface area contributed by atoms with Gasteiger partial charge in [-0.05, 0) is 6.92 Å². The highest BCUT2D eigenvalue weighted by molar-refractivity contribution is 7.09. The third-order valence-corrected chi connectivity index (χ3v) is 2.91. The van der Waals surface area contributed by atoms with Crippen LogP contribution in [0.1, 0.15) is 21.2 Å². The Morgan fingerprint density at radius 3 is 3.12 bits per heavy atom. The van der Waals surface area contributed by atoms with Crippen LogP contribution in [-0.4, -0.2) is 27.3 Å². The fourth-order valence-corrected chi connectivity index (χ4v) is 1.79. The molecule has 1 amide bonds. The number of nitrogens with zero attached hydrogens (tertiary/aromatic N) is 3.